The summed E-state index contributed by atoms with van der Waals surface area (Å²) in [5, 5.41) is 0. The lowest BCUT2D eigenvalue weighted by Crippen LogP contribution is -2.35. The SMILES string of the molecule is FC(F)(F)c1c(N2C(c3ccccc3)=CCc3ccccc32)c(N2C(c3ccccc3)=CCc3ccccc32)c(N2C(c3ccccc3)=CCc3ccccc32)c(C(F)(F)F)c1N1C(c2ccccc2)=CCc2ccccc21. The zero-order valence-corrected chi connectivity index (χ0v) is 42.0. The maximum atomic E-state index is 18.3. The number of halogens is 6. The van der Waals surface area contributed by atoms with E-state index in [0.29, 0.717) is 92.4 Å². The normalized spacial score (nSPS) is 15.1. The van der Waals surface area contributed by atoms with Crippen molar-refractivity contribution < 1.29 is 26.3 Å². The van der Waals surface area contributed by atoms with Crippen LogP contribution in [-0.2, 0) is 38.0 Å². The molecule has 0 saturated heterocycles. The largest absolute Gasteiger partial charge is 0.420 e. The molecule has 0 spiro atoms. The first kappa shape index (κ1) is 48.4. The molecule has 0 aliphatic carbocycles. The van der Waals surface area contributed by atoms with Crippen molar-refractivity contribution in [3.05, 3.63) is 298 Å². The Morgan fingerprint density at radius 1 is 0.244 bits per heavy atom. The number of hydrogen-bond donors (Lipinski definition) is 0. The topological polar surface area (TPSA) is 13.0 Å². The fourth-order valence-electron chi connectivity index (χ4n) is 11.8. The second kappa shape index (κ2) is 19.4. The Bertz CT molecular complexity index is 3750. The van der Waals surface area contributed by atoms with E-state index in [1.165, 1.54) is 4.90 Å². The standard InChI is InChI=1S/C68H48F6N4/c69-67(70,71)61-63(75-53-33-17-13-29-49(53)37-41-57(75)45-21-5-1-6-22-45)62(68(72,73)74)65(77-55-35-19-15-31-51(55)39-43-59(77)47-25-9-3-10-26-47)66(78-56-36-20-16-32-52(56)40-44-60(78)48-27-11-4-12-28-48)64(61)76-54-34-18-14-30-50(54)38-42-58(76)46-23-7-2-8-24-46/h1-36,41-44H,37-40H2. The molecule has 0 radical (unpaired) electrons. The first-order chi connectivity index (χ1) is 38.0. The van der Waals surface area contributed by atoms with Crippen molar-refractivity contribution in [3.63, 3.8) is 0 Å². The van der Waals surface area contributed by atoms with Crippen LogP contribution in [0, 0.1) is 0 Å². The molecule has 4 aliphatic rings. The van der Waals surface area contributed by atoms with Gasteiger partial charge in [0.2, 0.25) is 0 Å². The molecule has 0 atom stereocenters. The van der Waals surface area contributed by atoms with Crippen molar-refractivity contribution >= 4 is 68.3 Å². The van der Waals surface area contributed by atoms with Gasteiger partial charge in [-0.05, 0) is 94.5 Å². The summed E-state index contributed by atoms with van der Waals surface area (Å²) in [6.07, 6.45) is -2.19. The average Bonchev–Trinajstić information content (AvgIpc) is 3.67. The summed E-state index contributed by atoms with van der Waals surface area (Å²) in [5.74, 6) is 0. The predicted molar refractivity (Wildman–Crippen MR) is 303 cm³/mol. The number of anilines is 8. The van der Waals surface area contributed by atoms with E-state index in [1.54, 1.807) is 112 Å². The summed E-state index contributed by atoms with van der Waals surface area (Å²) in [6, 6.07) is 65.0. The average molecular weight is 1040 g/mol. The summed E-state index contributed by atoms with van der Waals surface area (Å²) >= 11 is 0. The van der Waals surface area contributed by atoms with Gasteiger partial charge in [-0.1, -0.05) is 218 Å². The summed E-state index contributed by atoms with van der Waals surface area (Å²) in [6.45, 7) is 0. The van der Waals surface area contributed by atoms with Crippen molar-refractivity contribution in [2.45, 2.75) is 38.0 Å². The minimum absolute atomic E-state index is 0.180. The number of alkyl halides is 6. The third kappa shape index (κ3) is 8.27. The van der Waals surface area contributed by atoms with Gasteiger partial charge in [-0.2, -0.15) is 26.3 Å². The van der Waals surface area contributed by atoms with Crippen LogP contribution in [0.25, 0.3) is 22.8 Å². The van der Waals surface area contributed by atoms with Gasteiger partial charge in [-0.25, -0.2) is 0 Å². The van der Waals surface area contributed by atoms with Gasteiger partial charge in [0.25, 0.3) is 0 Å². The zero-order valence-electron chi connectivity index (χ0n) is 42.0. The van der Waals surface area contributed by atoms with Crippen LogP contribution in [0.15, 0.2) is 243 Å². The number of allylic oxidation sites excluding steroid dienone is 4. The molecule has 9 aromatic carbocycles. The van der Waals surface area contributed by atoms with Gasteiger partial charge < -0.3 is 19.6 Å². The number of para-hydroxylation sites is 4. The van der Waals surface area contributed by atoms with E-state index < -0.39 is 40.5 Å². The lowest BCUT2D eigenvalue weighted by Gasteiger charge is -2.46. The quantitative estimate of drug-likeness (QED) is 0.141. The lowest BCUT2D eigenvalue weighted by molar-refractivity contribution is -0.141. The highest BCUT2D eigenvalue weighted by atomic mass is 19.4. The lowest BCUT2D eigenvalue weighted by atomic mass is 9.87. The van der Waals surface area contributed by atoms with E-state index in [2.05, 4.69) is 0 Å². The van der Waals surface area contributed by atoms with Gasteiger partial charge >= 0.3 is 12.4 Å². The Morgan fingerprint density at radius 2 is 0.462 bits per heavy atom. The summed E-state index contributed by atoms with van der Waals surface area (Å²) < 4.78 is 110. The highest BCUT2D eigenvalue weighted by Crippen LogP contribution is 2.66. The number of hydrogen-bond acceptors (Lipinski definition) is 4. The van der Waals surface area contributed by atoms with Crippen LogP contribution in [0.4, 0.5) is 71.8 Å². The molecular formula is C68H48F6N4. The van der Waals surface area contributed by atoms with Gasteiger partial charge in [0, 0.05) is 45.5 Å². The fourth-order valence-corrected chi connectivity index (χ4v) is 11.8. The third-order valence-corrected chi connectivity index (χ3v) is 15.1. The molecule has 10 heteroatoms. The summed E-state index contributed by atoms with van der Waals surface area (Å²) in [7, 11) is 0. The predicted octanol–water partition coefficient (Wildman–Crippen LogP) is 18.7. The first-order valence-electron chi connectivity index (χ1n) is 26.0. The second-order valence-corrected chi connectivity index (χ2v) is 19.6. The molecule has 0 unspecified atom stereocenters. The summed E-state index contributed by atoms with van der Waals surface area (Å²) in [4.78, 5) is 6.13. The molecule has 0 amide bonds. The Labute approximate surface area is 448 Å². The minimum Gasteiger partial charge on any atom is -0.309 e. The van der Waals surface area contributed by atoms with Gasteiger partial charge in [-0.3, -0.25) is 0 Å². The maximum Gasteiger partial charge on any atom is 0.420 e. The maximum absolute atomic E-state index is 18.3. The zero-order chi connectivity index (χ0) is 53.1. The van der Waals surface area contributed by atoms with Gasteiger partial charge in [0.05, 0.1) is 22.7 Å². The highest BCUT2D eigenvalue weighted by Gasteiger charge is 2.54. The smallest absolute Gasteiger partial charge is 0.309 e. The van der Waals surface area contributed by atoms with E-state index in [0.717, 1.165) is 5.56 Å². The van der Waals surface area contributed by atoms with E-state index in [9.17, 15) is 0 Å². The molecule has 13 rings (SSSR count). The Balaban J connectivity index is 1.34. The Kier molecular flexibility index (Phi) is 12.0. The molecule has 0 saturated carbocycles. The summed E-state index contributed by atoms with van der Waals surface area (Å²) in [5.41, 5.74) is 2.41. The van der Waals surface area contributed by atoms with Crippen molar-refractivity contribution in [3.8, 4) is 0 Å². The molecule has 9 aromatic rings. The molecule has 4 nitrogen and oxygen atoms in total. The van der Waals surface area contributed by atoms with E-state index in [1.807, 2.05) is 146 Å². The monoisotopic (exact) mass is 1030 g/mol. The number of benzene rings is 9. The van der Waals surface area contributed by atoms with Crippen molar-refractivity contribution in [1.29, 1.82) is 0 Å². The molecule has 4 heterocycles. The van der Waals surface area contributed by atoms with Crippen molar-refractivity contribution in [2.75, 3.05) is 19.6 Å². The van der Waals surface area contributed by atoms with Crippen molar-refractivity contribution in [1.82, 2.24) is 0 Å². The van der Waals surface area contributed by atoms with Crippen LogP contribution < -0.4 is 19.6 Å². The van der Waals surface area contributed by atoms with Crippen LogP contribution in [0.5, 0.6) is 0 Å². The highest BCUT2D eigenvalue weighted by molar-refractivity contribution is 6.14. The molecule has 382 valence electrons. The van der Waals surface area contributed by atoms with Crippen LogP contribution in [0.1, 0.15) is 55.6 Å². The molecular weight excluding hydrogens is 987 g/mol. The number of rotatable bonds is 8. The Morgan fingerprint density at radius 3 is 0.718 bits per heavy atom. The molecule has 0 N–H and O–H groups in total. The fraction of sp³-hybridized carbons (Fsp3) is 0.0882. The van der Waals surface area contributed by atoms with E-state index in [4.69, 9.17) is 0 Å². The van der Waals surface area contributed by atoms with E-state index >= 15 is 26.3 Å². The Hall–Kier alpha value is -9.28. The van der Waals surface area contributed by atoms with Crippen LogP contribution in [0.2, 0.25) is 0 Å². The molecule has 78 heavy (non-hydrogen) atoms. The molecule has 0 fully saturated rings. The number of nitrogens with zero attached hydrogens (tertiary/aromatic N) is 4. The molecule has 0 aromatic heterocycles. The first-order valence-corrected chi connectivity index (χ1v) is 26.0. The van der Waals surface area contributed by atoms with E-state index in [-0.39, 0.29) is 23.5 Å². The van der Waals surface area contributed by atoms with Gasteiger partial charge in [0.15, 0.2) is 0 Å². The van der Waals surface area contributed by atoms with Gasteiger partial charge in [-0.15, -0.1) is 0 Å². The van der Waals surface area contributed by atoms with Crippen molar-refractivity contribution in [2.24, 2.45) is 0 Å². The van der Waals surface area contributed by atoms with Gasteiger partial charge in [0.1, 0.15) is 11.1 Å². The minimum atomic E-state index is -5.48. The third-order valence-electron chi connectivity index (χ3n) is 15.1. The second-order valence-electron chi connectivity index (χ2n) is 19.6. The molecule has 4 aliphatic heterocycles. The number of fused-ring (bicyclic) bond motifs is 4. The van der Waals surface area contributed by atoms with Crippen LogP contribution >= 0.6 is 0 Å². The van der Waals surface area contributed by atoms with Crippen LogP contribution in [0.3, 0.4) is 0 Å². The molecule has 0 bridgehead atoms. The van der Waals surface area contributed by atoms with Crippen LogP contribution in [-0.4, -0.2) is 0 Å².